The van der Waals surface area contributed by atoms with Crippen LogP contribution in [0.1, 0.15) is 61.6 Å². The summed E-state index contributed by atoms with van der Waals surface area (Å²) in [7, 11) is 0. The van der Waals surface area contributed by atoms with Gasteiger partial charge in [0, 0.05) is 31.1 Å². The molecule has 2 fully saturated rings. The van der Waals surface area contributed by atoms with Crippen LogP contribution in [0.4, 0.5) is 0 Å². The molecule has 1 amide bonds. The number of hydrogen-bond acceptors (Lipinski definition) is 4. The highest BCUT2D eigenvalue weighted by Crippen LogP contribution is 2.55. The van der Waals surface area contributed by atoms with Gasteiger partial charge in [-0.25, -0.2) is 4.98 Å². The molecule has 7 nitrogen and oxygen atoms in total. The maximum absolute atomic E-state index is 12.9. The van der Waals surface area contributed by atoms with E-state index in [1.807, 2.05) is 29.5 Å². The lowest BCUT2D eigenvalue weighted by atomic mass is 9.62. The van der Waals surface area contributed by atoms with Crippen LogP contribution >= 0.6 is 0 Å². The summed E-state index contributed by atoms with van der Waals surface area (Å²) < 4.78 is 1.81. The van der Waals surface area contributed by atoms with E-state index >= 15 is 0 Å². The van der Waals surface area contributed by atoms with E-state index in [0.717, 1.165) is 49.0 Å². The molecule has 0 aromatic carbocycles. The fourth-order valence-corrected chi connectivity index (χ4v) is 4.53. The van der Waals surface area contributed by atoms with Gasteiger partial charge in [0.25, 0.3) is 0 Å². The molecule has 7 heteroatoms. The normalized spacial score (nSPS) is 21.3. The van der Waals surface area contributed by atoms with Gasteiger partial charge in [-0.2, -0.15) is 10.2 Å². The largest absolute Gasteiger partial charge is 0.340 e. The quantitative estimate of drug-likeness (QED) is 0.892. The average Bonchev–Trinajstić information content (AvgIpc) is 3.24. The number of rotatable bonds is 5. The Morgan fingerprint density at radius 3 is 2.81 bits per heavy atom. The highest BCUT2D eigenvalue weighted by molar-refractivity contribution is 5.76. The summed E-state index contributed by atoms with van der Waals surface area (Å²) in [5.74, 6) is 2.26. The Hall–Kier alpha value is -2.18. The number of aromatic nitrogens is 5. The van der Waals surface area contributed by atoms with Crippen molar-refractivity contribution in [1.82, 2.24) is 29.9 Å². The molecule has 1 aliphatic heterocycles. The van der Waals surface area contributed by atoms with Crippen molar-refractivity contribution in [3.8, 4) is 0 Å². The molecule has 3 heterocycles. The predicted molar refractivity (Wildman–Crippen MR) is 97.7 cm³/mol. The van der Waals surface area contributed by atoms with E-state index < -0.39 is 0 Å². The van der Waals surface area contributed by atoms with Gasteiger partial charge in [-0.1, -0.05) is 13.3 Å². The molecule has 1 saturated heterocycles. The molecule has 1 spiro atoms. The Morgan fingerprint density at radius 1 is 1.38 bits per heavy atom. The van der Waals surface area contributed by atoms with Crippen molar-refractivity contribution in [2.24, 2.45) is 5.41 Å². The minimum atomic E-state index is 0.147. The summed E-state index contributed by atoms with van der Waals surface area (Å²) in [5.41, 5.74) is 2.16. The van der Waals surface area contributed by atoms with E-state index in [1.165, 1.54) is 19.3 Å². The van der Waals surface area contributed by atoms with E-state index in [-0.39, 0.29) is 17.2 Å². The summed E-state index contributed by atoms with van der Waals surface area (Å²) in [6, 6.07) is 2.01. The highest BCUT2D eigenvalue weighted by atomic mass is 16.2. The number of nitrogens with one attached hydrogen (secondary N) is 1. The molecule has 0 bridgehead atoms. The number of carbonyl (C=O) groups excluding carboxylic acids is 1. The number of aromatic amines is 1. The van der Waals surface area contributed by atoms with Crippen LogP contribution < -0.4 is 0 Å². The monoisotopic (exact) mass is 356 g/mol. The van der Waals surface area contributed by atoms with Gasteiger partial charge >= 0.3 is 0 Å². The first-order valence-corrected chi connectivity index (χ1v) is 9.71. The van der Waals surface area contributed by atoms with Crippen LogP contribution in [0.5, 0.6) is 0 Å². The van der Waals surface area contributed by atoms with Crippen molar-refractivity contribution < 1.29 is 4.79 Å². The number of likely N-dealkylation sites (tertiary alicyclic amines) is 1. The molecule has 1 N–H and O–H groups in total. The van der Waals surface area contributed by atoms with Gasteiger partial charge in [-0.3, -0.25) is 14.6 Å². The molecule has 140 valence electrons. The van der Waals surface area contributed by atoms with Crippen LogP contribution in [-0.4, -0.2) is 48.9 Å². The summed E-state index contributed by atoms with van der Waals surface area (Å²) in [6.45, 7) is 7.97. The van der Waals surface area contributed by atoms with Gasteiger partial charge in [-0.05, 0) is 44.6 Å². The molecular weight excluding hydrogens is 328 g/mol. The zero-order valence-electron chi connectivity index (χ0n) is 16.0. The second kappa shape index (κ2) is 6.52. The zero-order chi connectivity index (χ0) is 18.3. The van der Waals surface area contributed by atoms with Gasteiger partial charge in [0.1, 0.15) is 12.4 Å². The molecule has 1 unspecified atom stereocenters. The number of H-pyrrole nitrogens is 1. The van der Waals surface area contributed by atoms with Crippen molar-refractivity contribution in [3.05, 3.63) is 29.1 Å². The molecule has 4 rings (SSSR count). The number of aryl methyl sites for hydroxylation is 3. The van der Waals surface area contributed by atoms with E-state index in [0.29, 0.717) is 6.54 Å². The Kier molecular flexibility index (Phi) is 4.32. The Labute approximate surface area is 154 Å². The minimum absolute atomic E-state index is 0.147. The first kappa shape index (κ1) is 17.2. The first-order valence-electron chi connectivity index (χ1n) is 9.71. The van der Waals surface area contributed by atoms with Crippen LogP contribution in [0.15, 0.2) is 6.07 Å². The van der Waals surface area contributed by atoms with E-state index in [2.05, 4.69) is 22.2 Å². The lowest BCUT2D eigenvalue weighted by molar-refractivity contribution is -0.131. The number of amides is 1. The topological polar surface area (TPSA) is 79.7 Å². The fraction of sp³-hybridized carbons (Fsp3) is 0.684. The van der Waals surface area contributed by atoms with Gasteiger partial charge in [-0.15, -0.1) is 0 Å². The maximum Gasteiger partial charge on any atom is 0.244 e. The summed E-state index contributed by atoms with van der Waals surface area (Å²) in [5, 5.41) is 12.0. The van der Waals surface area contributed by atoms with Gasteiger partial charge < -0.3 is 4.90 Å². The van der Waals surface area contributed by atoms with Crippen molar-refractivity contribution >= 4 is 5.91 Å². The second-order valence-electron chi connectivity index (χ2n) is 8.02. The van der Waals surface area contributed by atoms with E-state index in [9.17, 15) is 4.79 Å². The molecule has 0 radical (unpaired) electrons. The lowest BCUT2D eigenvalue weighted by Gasteiger charge is -2.41. The molecule has 1 atom stereocenters. The highest BCUT2D eigenvalue weighted by Gasteiger charge is 2.53. The van der Waals surface area contributed by atoms with Crippen molar-refractivity contribution in [1.29, 1.82) is 0 Å². The van der Waals surface area contributed by atoms with Crippen molar-refractivity contribution in [3.63, 3.8) is 0 Å². The standard InChI is InChI=1S/C19H28N6O/c1-4-6-16-20-18(22-21-16)15-10-24(12-19(15)7-5-8-19)17(26)11-25-14(3)9-13(2)23-25/h9,15H,4-8,10-12H2,1-3H3,(H,20,21,22). The summed E-state index contributed by atoms with van der Waals surface area (Å²) >= 11 is 0. The van der Waals surface area contributed by atoms with Gasteiger partial charge in [0.2, 0.25) is 5.91 Å². The molecule has 26 heavy (non-hydrogen) atoms. The molecule has 2 aliphatic rings. The van der Waals surface area contributed by atoms with Crippen LogP contribution in [0.25, 0.3) is 0 Å². The minimum Gasteiger partial charge on any atom is -0.340 e. The van der Waals surface area contributed by atoms with Crippen LogP contribution in [-0.2, 0) is 17.8 Å². The Balaban J connectivity index is 1.50. The van der Waals surface area contributed by atoms with Crippen molar-refractivity contribution in [2.75, 3.05) is 13.1 Å². The SMILES string of the molecule is CCCc1nc(C2CN(C(=O)Cn3nc(C)cc3C)CC23CCC3)n[nH]1. The lowest BCUT2D eigenvalue weighted by Crippen LogP contribution is -2.38. The summed E-state index contributed by atoms with van der Waals surface area (Å²) in [6.07, 6.45) is 5.55. The van der Waals surface area contributed by atoms with Gasteiger partial charge in [0.05, 0.1) is 5.69 Å². The number of hydrogen-bond donors (Lipinski definition) is 1. The van der Waals surface area contributed by atoms with Crippen molar-refractivity contribution in [2.45, 2.75) is 65.3 Å². The molecule has 2 aromatic heterocycles. The fourth-order valence-electron chi connectivity index (χ4n) is 4.53. The first-order chi connectivity index (χ1) is 12.5. The molecule has 1 aliphatic carbocycles. The Bertz CT molecular complexity index is 803. The third kappa shape index (κ3) is 2.93. The molecular formula is C19H28N6O. The third-order valence-electron chi connectivity index (χ3n) is 6.09. The average molecular weight is 356 g/mol. The van der Waals surface area contributed by atoms with Gasteiger partial charge in [0.15, 0.2) is 5.82 Å². The van der Waals surface area contributed by atoms with E-state index in [4.69, 9.17) is 4.98 Å². The molecule has 1 saturated carbocycles. The Morgan fingerprint density at radius 2 is 2.19 bits per heavy atom. The predicted octanol–water partition coefficient (Wildman–Crippen LogP) is 2.37. The van der Waals surface area contributed by atoms with Crippen LogP contribution in [0.2, 0.25) is 0 Å². The third-order valence-corrected chi connectivity index (χ3v) is 6.09. The number of nitrogens with zero attached hydrogens (tertiary/aromatic N) is 5. The number of carbonyl (C=O) groups is 1. The van der Waals surface area contributed by atoms with E-state index in [1.54, 1.807) is 0 Å². The molecule has 2 aromatic rings. The summed E-state index contributed by atoms with van der Waals surface area (Å²) in [4.78, 5) is 19.6. The van der Waals surface area contributed by atoms with Crippen LogP contribution in [0.3, 0.4) is 0 Å². The second-order valence-corrected chi connectivity index (χ2v) is 8.02. The van der Waals surface area contributed by atoms with Crippen LogP contribution in [0, 0.1) is 19.3 Å². The maximum atomic E-state index is 12.9. The smallest absolute Gasteiger partial charge is 0.244 e. The zero-order valence-corrected chi connectivity index (χ0v) is 16.0.